The molecule has 1 fully saturated rings. The summed E-state index contributed by atoms with van der Waals surface area (Å²) >= 11 is 0. The number of ether oxygens (including phenoxy) is 2. The predicted molar refractivity (Wildman–Crippen MR) is 93.2 cm³/mol. The average molecular weight is 347 g/mol. The van der Waals surface area contributed by atoms with E-state index in [9.17, 15) is 9.59 Å². The van der Waals surface area contributed by atoms with Gasteiger partial charge in [0.1, 0.15) is 0 Å². The smallest absolute Gasteiger partial charge is 0.320 e. The third kappa shape index (κ3) is 3.87. The summed E-state index contributed by atoms with van der Waals surface area (Å²) in [5.74, 6) is 1.36. The lowest BCUT2D eigenvalue weighted by atomic mass is 10.1. The molecule has 0 radical (unpaired) electrons. The summed E-state index contributed by atoms with van der Waals surface area (Å²) in [5, 5.41) is 0. The normalized spacial score (nSPS) is 16.8. The number of benzene rings is 1. The van der Waals surface area contributed by atoms with Crippen molar-refractivity contribution >= 4 is 11.8 Å². The Balaban J connectivity index is 1.52. The molecule has 2 aliphatic heterocycles. The molecule has 2 heterocycles. The van der Waals surface area contributed by atoms with Crippen LogP contribution in [0.15, 0.2) is 18.2 Å². The summed E-state index contributed by atoms with van der Waals surface area (Å²) in [5.41, 5.74) is 0.630. The Kier molecular flexibility index (Phi) is 5.43. The predicted octanol–water partition coefficient (Wildman–Crippen LogP) is 1.68. The van der Waals surface area contributed by atoms with Gasteiger partial charge in [-0.05, 0) is 32.0 Å². The highest BCUT2D eigenvalue weighted by Gasteiger charge is 2.25. The lowest BCUT2D eigenvalue weighted by molar-refractivity contribution is 0.0853. The molecule has 7 heteroatoms. The van der Waals surface area contributed by atoms with Crippen LogP contribution in [0.5, 0.6) is 11.5 Å². The fourth-order valence-electron chi connectivity index (χ4n) is 3.16. The van der Waals surface area contributed by atoms with Gasteiger partial charge in [0.2, 0.25) is 6.79 Å². The Morgan fingerprint density at radius 1 is 1.04 bits per heavy atom. The maximum atomic E-state index is 12.5. The van der Waals surface area contributed by atoms with Crippen molar-refractivity contribution < 1.29 is 19.1 Å². The van der Waals surface area contributed by atoms with Crippen molar-refractivity contribution in [3.63, 3.8) is 0 Å². The van der Waals surface area contributed by atoms with E-state index in [-0.39, 0.29) is 18.6 Å². The number of hydrogen-bond donors (Lipinski definition) is 0. The summed E-state index contributed by atoms with van der Waals surface area (Å²) in [6.45, 7) is 8.71. The molecule has 136 valence electrons. The number of amides is 2. The van der Waals surface area contributed by atoms with E-state index in [0.29, 0.717) is 49.8 Å². The lowest BCUT2D eigenvalue weighted by Gasteiger charge is -2.36. The molecular weight excluding hydrogens is 322 g/mol. The summed E-state index contributed by atoms with van der Waals surface area (Å²) < 4.78 is 10.6. The fourth-order valence-corrected chi connectivity index (χ4v) is 3.16. The molecule has 0 unspecified atom stereocenters. The van der Waals surface area contributed by atoms with Crippen LogP contribution in [0.2, 0.25) is 0 Å². The number of fused-ring (bicyclic) bond motifs is 1. The quantitative estimate of drug-likeness (QED) is 0.759. The molecule has 7 nitrogen and oxygen atoms in total. The first-order valence-electron chi connectivity index (χ1n) is 8.81. The van der Waals surface area contributed by atoms with Gasteiger partial charge in [0.05, 0.1) is 6.54 Å². The van der Waals surface area contributed by atoms with E-state index in [2.05, 4.69) is 4.90 Å². The second kappa shape index (κ2) is 7.74. The minimum Gasteiger partial charge on any atom is -0.454 e. The van der Waals surface area contributed by atoms with Gasteiger partial charge in [-0.3, -0.25) is 9.69 Å². The number of carbonyl (C=O) groups excluding carboxylic acids is 2. The monoisotopic (exact) mass is 347 g/mol. The first-order valence-corrected chi connectivity index (χ1v) is 8.81. The molecule has 1 aromatic rings. The maximum absolute atomic E-state index is 12.5. The van der Waals surface area contributed by atoms with E-state index in [1.807, 2.05) is 23.6 Å². The van der Waals surface area contributed by atoms with Gasteiger partial charge >= 0.3 is 6.03 Å². The molecule has 2 aliphatic rings. The molecule has 0 bridgehead atoms. The summed E-state index contributed by atoms with van der Waals surface area (Å²) in [4.78, 5) is 30.7. The molecule has 0 N–H and O–H groups in total. The Morgan fingerprint density at radius 3 is 2.40 bits per heavy atom. The average Bonchev–Trinajstić information content (AvgIpc) is 3.11. The third-order valence-corrected chi connectivity index (χ3v) is 4.74. The number of rotatable bonds is 5. The van der Waals surface area contributed by atoms with Crippen molar-refractivity contribution in [2.75, 3.05) is 52.6 Å². The Morgan fingerprint density at radius 2 is 1.72 bits per heavy atom. The first-order chi connectivity index (χ1) is 12.1. The Hall–Kier alpha value is -2.28. The number of nitrogens with zero attached hydrogens (tertiary/aromatic N) is 3. The third-order valence-electron chi connectivity index (χ3n) is 4.74. The van der Waals surface area contributed by atoms with Gasteiger partial charge in [-0.15, -0.1) is 0 Å². The van der Waals surface area contributed by atoms with Gasteiger partial charge < -0.3 is 19.3 Å². The number of Topliss-reactive ketones (excluding diaryl/α,β-unsaturated/α-hetero) is 1. The molecule has 0 aliphatic carbocycles. The maximum Gasteiger partial charge on any atom is 0.320 e. The highest BCUT2D eigenvalue weighted by Crippen LogP contribution is 2.32. The molecular formula is C18H25N3O4. The van der Waals surface area contributed by atoms with E-state index >= 15 is 0 Å². The van der Waals surface area contributed by atoms with Crippen LogP contribution in [0.4, 0.5) is 4.79 Å². The lowest BCUT2D eigenvalue weighted by Crippen LogP contribution is -2.53. The van der Waals surface area contributed by atoms with Crippen molar-refractivity contribution in [3.05, 3.63) is 23.8 Å². The second-order valence-electron chi connectivity index (χ2n) is 6.21. The van der Waals surface area contributed by atoms with Crippen LogP contribution < -0.4 is 9.47 Å². The summed E-state index contributed by atoms with van der Waals surface area (Å²) in [7, 11) is 0. The highest BCUT2D eigenvalue weighted by molar-refractivity contribution is 5.98. The van der Waals surface area contributed by atoms with Crippen molar-refractivity contribution in [1.82, 2.24) is 14.7 Å². The zero-order valence-corrected chi connectivity index (χ0v) is 14.9. The van der Waals surface area contributed by atoms with Gasteiger partial charge in [-0.1, -0.05) is 0 Å². The van der Waals surface area contributed by atoms with Crippen molar-refractivity contribution in [3.8, 4) is 11.5 Å². The van der Waals surface area contributed by atoms with E-state index in [4.69, 9.17) is 9.47 Å². The van der Waals surface area contributed by atoms with Gasteiger partial charge in [0.25, 0.3) is 0 Å². The summed E-state index contributed by atoms with van der Waals surface area (Å²) in [6, 6.07) is 5.38. The topological polar surface area (TPSA) is 62.3 Å². The van der Waals surface area contributed by atoms with Crippen LogP contribution in [0.25, 0.3) is 0 Å². The minimum atomic E-state index is 0.0572. The van der Waals surface area contributed by atoms with E-state index in [0.717, 1.165) is 13.1 Å². The molecule has 0 aromatic heterocycles. The van der Waals surface area contributed by atoms with Crippen LogP contribution >= 0.6 is 0 Å². The van der Waals surface area contributed by atoms with Gasteiger partial charge in [-0.2, -0.15) is 0 Å². The van der Waals surface area contributed by atoms with Crippen LogP contribution in [0.1, 0.15) is 24.2 Å². The standard InChI is InChI=1S/C18H25N3O4/c1-3-20(4-2)18(23)21-9-7-19(8-10-21)12-15(22)14-5-6-16-17(11-14)25-13-24-16/h5-6,11H,3-4,7-10,12-13H2,1-2H3. The molecule has 2 amide bonds. The molecule has 25 heavy (non-hydrogen) atoms. The van der Waals surface area contributed by atoms with E-state index < -0.39 is 0 Å². The van der Waals surface area contributed by atoms with Crippen molar-refractivity contribution in [2.24, 2.45) is 0 Å². The van der Waals surface area contributed by atoms with Crippen LogP contribution in [-0.4, -0.2) is 79.1 Å². The Bertz CT molecular complexity index is 637. The van der Waals surface area contributed by atoms with Gasteiger partial charge in [0.15, 0.2) is 17.3 Å². The number of urea groups is 1. The minimum absolute atomic E-state index is 0.0572. The number of ketones is 1. The largest absolute Gasteiger partial charge is 0.454 e. The molecule has 0 spiro atoms. The van der Waals surface area contributed by atoms with Crippen LogP contribution in [-0.2, 0) is 0 Å². The number of piperazine rings is 1. The van der Waals surface area contributed by atoms with Crippen LogP contribution in [0, 0.1) is 0 Å². The van der Waals surface area contributed by atoms with Crippen molar-refractivity contribution in [2.45, 2.75) is 13.8 Å². The molecule has 3 rings (SSSR count). The molecule has 1 saturated heterocycles. The fraction of sp³-hybridized carbons (Fsp3) is 0.556. The number of carbonyl (C=O) groups is 2. The van der Waals surface area contributed by atoms with E-state index in [1.54, 1.807) is 18.2 Å². The van der Waals surface area contributed by atoms with Gasteiger partial charge in [0, 0.05) is 44.8 Å². The van der Waals surface area contributed by atoms with E-state index in [1.165, 1.54) is 0 Å². The molecule has 0 atom stereocenters. The second-order valence-corrected chi connectivity index (χ2v) is 6.21. The first kappa shape index (κ1) is 17.5. The highest BCUT2D eigenvalue weighted by atomic mass is 16.7. The SMILES string of the molecule is CCN(CC)C(=O)N1CCN(CC(=O)c2ccc3c(c2)OCO3)CC1. The molecule has 0 saturated carbocycles. The Labute approximate surface area is 148 Å². The molecule has 1 aromatic carbocycles. The summed E-state index contributed by atoms with van der Waals surface area (Å²) in [6.07, 6.45) is 0. The number of hydrogen-bond acceptors (Lipinski definition) is 5. The zero-order chi connectivity index (χ0) is 17.8. The van der Waals surface area contributed by atoms with Crippen molar-refractivity contribution in [1.29, 1.82) is 0 Å². The van der Waals surface area contributed by atoms with Gasteiger partial charge in [-0.25, -0.2) is 4.79 Å². The van der Waals surface area contributed by atoms with Crippen LogP contribution in [0.3, 0.4) is 0 Å². The zero-order valence-electron chi connectivity index (χ0n) is 14.9.